The van der Waals surface area contributed by atoms with Gasteiger partial charge in [0.15, 0.2) is 0 Å². The van der Waals surface area contributed by atoms with Crippen LogP contribution in [-0.4, -0.2) is 72.5 Å². The molecule has 2 rings (SSSR count). The molecule has 0 aliphatic carbocycles. The Morgan fingerprint density at radius 1 is 1.13 bits per heavy atom. The smallest absolute Gasteiger partial charge is 0.303 e. The molecule has 1 aromatic rings. The first-order chi connectivity index (χ1) is 14.8. The molecule has 0 unspecified atom stereocenters. The first-order valence-corrected chi connectivity index (χ1v) is 10.3. The molecule has 0 aromatic heterocycles. The fourth-order valence-electron chi connectivity index (χ4n) is 2.39. The number of hydrogen-bond acceptors (Lipinski definition) is 7. The van der Waals surface area contributed by atoms with Gasteiger partial charge in [-0.2, -0.15) is 0 Å². The van der Waals surface area contributed by atoms with E-state index in [0.29, 0.717) is 24.3 Å². The molecule has 0 saturated carbocycles. The van der Waals surface area contributed by atoms with Crippen LogP contribution in [0.3, 0.4) is 0 Å². The number of carboxylic acid groups (broad SMARTS) is 1. The van der Waals surface area contributed by atoms with Crippen LogP contribution in [0.4, 0.5) is 5.69 Å². The number of nitrogens with one attached hydrogen (secondary N) is 1. The van der Waals surface area contributed by atoms with Crippen LogP contribution in [0.1, 0.15) is 37.6 Å². The van der Waals surface area contributed by atoms with E-state index in [0.717, 1.165) is 13.1 Å². The van der Waals surface area contributed by atoms with Crippen LogP contribution in [0.25, 0.3) is 0 Å². The SMILES string of the molecule is CC.CCC(=O)O.CN1CCN(C(=O)CNC(=O)c2ccc(N(N)/C=C\N)cc2)CC1. The zero-order valence-electron chi connectivity index (χ0n) is 18.9. The van der Waals surface area contributed by atoms with Crippen LogP contribution in [0, 0.1) is 0 Å². The van der Waals surface area contributed by atoms with E-state index in [1.807, 2.05) is 20.9 Å². The molecule has 1 heterocycles. The molecular formula is C21H36N6O4. The van der Waals surface area contributed by atoms with Crippen LogP contribution < -0.4 is 21.9 Å². The molecule has 0 atom stereocenters. The summed E-state index contributed by atoms with van der Waals surface area (Å²) in [7, 11) is 2.03. The summed E-state index contributed by atoms with van der Waals surface area (Å²) < 4.78 is 0. The lowest BCUT2D eigenvalue weighted by Gasteiger charge is -2.32. The molecule has 2 amide bonds. The summed E-state index contributed by atoms with van der Waals surface area (Å²) in [6.45, 7) is 8.70. The summed E-state index contributed by atoms with van der Waals surface area (Å²) >= 11 is 0. The monoisotopic (exact) mass is 436 g/mol. The minimum Gasteiger partial charge on any atom is -0.481 e. The van der Waals surface area contributed by atoms with Crippen molar-refractivity contribution in [3.63, 3.8) is 0 Å². The fraction of sp³-hybridized carbons (Fsp3) is 0.476. The summed E-state index contributed by atoms with van der Waals surface area (Å²) in [5.74, 6) is 4.64. The minimum atomic E-state index is -0.745. The maximum atomic E-state index is 12.1. The molecule has 1 aliphatic rings. The van der Waals surface area contributed by atoms with Gasteiger partial charge in [0.25, 0.3) is 5.91 Å². The Morgan fingerprint density at radius 2 is 1.65 bits per heavy atom. The van der Waals surface area contributed by atoms with Crippen molar-refractivity contribution in [3.8, 4) is 0 Å². The number of anilines is 1. The molecule has 174 valence electrons. The number of rotatable bonds is 6. The Bertz CT molecular complexity index is 700. The van der Waals surface area contributed by atoms with E-state index in [1.165, 1.54) is 17.4 Å². The van der Waals surface area contributed by atoms with E-state index in [2.05, 4.69) is 10.2 Å². The van der Waals surface area contributed by atoms with Crippen LogP contribution in [0.15, 0.2) is 36.7 Å². The predicted molar refractivity (Wildman–Crippen MR) is 122 cm³/mol. The number of benzene rings is 1. The van der Waals surface area contributed by atoms with Crippen molar-refractivity contribution in [3.05, 3.63) is 42.2 Å². The highest BCUT2D eigenvalue weighted by Gasteiger charge is 2.19. The lowest BCUT2D eigenvalue weighted by molar-refractivity contribution is -0.136. The Kier molecular flexibility index (Phi) is 14.1. The lowest BCUT2D eigenvalue weighted by Crippen LogP contribution is -2.50. The second-order valence-electron chi connectivity index (χ2n) is 6.41. The third kappa shape index (κ3) is 11.0. The number of carbonyl (C=O) groups excluding carboxylic acids is 2. The van der Waals surface area contributed by atoms with Crippen LogP contribution in [-0.2, 0) is 9.59 Å². The quantitative estimate of drug-likeness (QED) is 0.379. The highest BCUT2D eigenvalue weighted by atomic mass is 16.4. The predicted octanol–water partition coefficient (Wildman–Crippen LogP) is 0.808. The van der Waals surface area contributed by atoms with Crippen molar-refractivity contribution in [1.82, 2.24) is 15.1 Å². The normalized spacial score (nSPS) is 13.4. The molecule has 0 spiro atoms. The van der Waals surface area contributed by atoms with Gasteiger partial charge in [-0.15, -0.1) is 0 Å². The molecule has 1 aliphatic heterocycles. The number of likely N-dealkylation sites (N-methyl/N-ethyl adjacent to an activating group) is 1. The molecule has 1 aromatic carbocycles. The fourth-order valence-corrected chi connectivity index (χ4v) is 2.39. The molecule has 31 heavy (non-hydrogen) atoms. The van der Waals surface area contributed by atoms with Gasteiger partial charge in [0.2, 0.25) is 5.91 Å². The van der Waals surface area contributed by atoms with Gasteiger partial charge in [-0.3, -0.25) is 19.4 Å². The van der Waals surface area contributed by atoms with Crippen LogP contribution in [0.2, 0.25) is 0 Å². The van der Waals surface area contributed by atoms with Crippen molar-refractivity contribution < 1.29 is 19.5 Å². The van der Waals surface area contributed by atoms with Crippen LogP contribution in [0.5, 0.6) is 0 Å². The summed E-state index contributed by atoms with van der Waals surface area (Å²) in [4.78, 5) is 37.5. The number of hydrazine groups is 1. The average molecular weight is 437 g/mol. The van der Waals surface area contributed by atoms with Gasteiger partial charge in [-0.1, -0.05) is 20.8 Å². The second kappa shape index (κ2) is 15.7. The number of nitrogens with two attached hydrogens (primary N) is 2. The van der Waals surface area contributed by atoms with Crippen molar-refractivity contribution in [2.24, 2.45) is 11.6 Å². The van der Waals surface area contributed by atoms with E-state index >= 15 is 0 Å². The van der Waals surface area contributed by atoms with Crippen LogP contribution >= 0.6 is 0 Å². The van der Waals surface area contributed by atoms with Crippen molar-refractivity contribution in [2.75, 3.05) is 44.8 Å². The van der Waals surface area contributed by atoms with E-state index in [1.54, 1.807) is 36.1 Å². The summed E-state index contributed by atoms with van der Waals surface area (Å²) in [6, 6.07) is 6.71. The van der Waals surface area contributed by atoms with Gasteiger partial charge in [-0.25, -0.2) is 5.84 Å². The third-order valence-electron chi connectivity index (χ3n) is 4.23. The number of carboxylic acids is 1. The number of hydrogen-bond donors (Lipinski definition) is 4. The largest absolute Gasteiger partial charge is 0.481 e. The number of amides is 2. The summed E-state index contributed by atoms with van der Waals surface area (Å²) in [5, 5.41) is 11.7. The molecule has 0 radical (unpaired) electrons. The molecule has 0 bridgehead atoms. The summed E-state index contributed by atoms with van der Waals surface area (Å²) in [5.41, 5.74) is 6.44. The molecule has 1 fully saturated rings. The van der Waals surface area contributed by atoms with Gasteiger partial charge in [0, 0.05) is 50.6 Å². The van der Waals surface area contributed by atoms with E-state index in [-0.39, 0.29) is 24.8 Å². The second-order valence-corrected chi connectivity index (χ2v) is 6.41. The first-order valence-electron chi connectivity index (χ1n) is 10.3. The number of nitrogens with zero attached hydrogens (tertiary/aromatic N) is 3. The van der Waals surface area contributed by atoms with Gasteiger partial charge < -0.3 is 26.0 Å². The molecular weight excluding hydrogens is 400 g/mol. The number of piperazine rings is 1. The van der Waals surface area contributed by atoms with E-state index in [4.69, 9.17) is 16.7 Å². The Balaban J connectivity index is 0.00000113. The average Bonchev–Trinajstić information content (AvgIpc) is 2.79. The number of carbonyl (C=O) groups is 3. The Labute approximate surface area is 184 Å². The maximum Gasteiger partial charge on any atom is 0.303 e. The maximum absolute atomic E-state index is 12.1. The van der Waals surface area contributed by atoms with E-state index < -0.39 is 5.97 Å². The lowest BCUT2D eigenvalue weighted by atomic mass is 10.2. The van der Waals surface area contributed by atoms with Crippen molar-refractivity contribution in [1.29, 1.82) is 0 Å². The topological polar surface area (TPSA) is 145 Å². The van der Waals surface area contributed by atoms with Gasteiger partial charge in [-0.05, 0) is 31.3 Å². The summed E-state index contributed by atoms with van der Waals surface area (Å²) in [6.07, 6.45) is 3.05. The van der Waals surface area contributed by atoms with Gasteiger partial charge >= 0.3 is 5.97 Å². The molecule has 6 N–H and O–H groups in total. The zero-order chi connectivity index (χ0) is 23.8. The zero-order valence-corrected chi connectivity index (χ0v) is 18.9. The highest BCUT2D eigenvalue weighted by Crippen LogP contribution is 2.12. The third-order valence-corrected chi connectivity index (χ3v) is 4.23. The highest BCUT2D eigenvalue weighted by molar-refractivity contribution is 5.96. The molecule has 1 saturated heterocycles. The number of aliphatic carboxylic acids is 1. The standard InChI is InChI=1S/C16H24N6O2.C3H6O2.C2H6/c1-20-8-10-21(11-9-20)15(23)12-19-16(24)13-2-4-14(5-3-13)22(18)7-6-17;1-2-3(4)5;1-2/h2-7H,8-12,17-18H2,1H3,(H,19,24);2H2,1H3,(H,4,5);1-2H3/b7-6-;;. The van der Waals surface area contributed by atoms with Crippen molar-refractivity contribution >= 4 is 23.5 Å². The minimum absolute atomic E-state index is 0.00320. The van der Waals surface area contributed by atoms with Gasteiger partial charge in [0.05, 0.1) is 12.2 Å². The first kappa shape index (κ1) is 27.9. The Morgan fingerprint density at radius 3 is 2.10 bits per heavy atom. The molecule has 10 heteroatoms. The van der Waals surface area contributed by atoms with Crippen molar-refractivity contribution in [2.45, 2.75) is 27.2 Å². The molecule has 10 nitrogen and oxygen atoms in total. The van der Waals surface area contributed by atoms with E-state index in [9.17, 15) is 14.4 Å². The van der Waals surface area contributed by atoms with Gasteiger partial charge in [0.1, 0.15) is 0 Å². The Hall–Kier alpha value is -3.11.